The van der Waals surface area contributed by atoms with Gasteiger partial charge in [0.05, 0.1) is 10.1 Å². The van der Waals surface area contributed by atoms with E-state index in [1.807, 2.05) is 0 Å². The van der Waals surface area contributed by atoms with Crippen LogP contribution in [0.3, 0.4) is 0 Å². The number of benzene rings is 1. The molecule has 8 nitrogen and oxygen atoms in total. The van der Waals surface area contributed by atoms with Crippen LogP contribution in [-0.2, 0) is 14.8 Å². The molecular formula is C17H21N5O3S2. The zero-order valence-electron chi connectivity index (χ0n) is 14.8. The number of primary sulfonamides is 1. The Morgan fingerprint density at radius 1 is 1.30 bits per heavy atom. The first-order valence-electron chi connectivity index (χ1n) is 8.88. The van der Waals surface area contributed by atoms with Crippen molar-refractivity contribution in [2.24, 2.45) is 5.14 Å². The molecule has 2 aliphatic carbocycles. The number of carbonyl (C=O) groups is 1. The third-order valence-electron chi connectivity index (χ3n) is 4.63. The molecule has 0 bridgehead atoms. The van der Waals surface area contributed by atoms with Crippen molar-refractivity contribution in [2.75, 3.05) is 5.32 Å². The number of carbonyl (C=O) groups excluding carboxylic acids is 1. The summed E-state index contributed by atoms with van der Waals surface area (Å²) in [6.45, 7) is 1.80. The molecule has 0 aliphatic heterocycles. The number of amides is 1. The number of hydrogen-bond acceptors (Lipinski definition) is 6. The van der Waals surface area contributed by atoms with Crippen molar-refractivity contribution in [3.8, 4) is 0 Å². The Morgan fingerprint density at radius 3 is 2.67 bits per heavy atom. The van der Waals surface area contributed by atoms with Crippen molar-refractivity contribution < 1.29 is 13.2 Å². The third-order valence-corrected chi connectivity index (χ3v) is 6.59. The van der Waals surface area contributed by atoms with Gasteiger partial charge in [0.2, 0.25) is 15.9 Å². The van der Waals surface area contributed by atoms with E-state index in [4.69, 9.17) is 5.14 Å². The normalized spacial score (nSPS) is 18.3. The van der Waals surface area contributed by atoms with E-state index in [1.165, 1.54) is 23.9 Å². The lowest BCUT2D eigenvalue weighted by Gasteiger charge is -2.13. The topological polar surface area (TPSA) is 120 Å². The van der Waals surface area contributed by atoms with Gasteiger partial charge in [0.1, 0.15) is 5.82 Å². The van der Waals surface area contributed by atoms with Gasteiger partial charge in [-0.15, -0.1) is 10.2 Å². The second kappa shape index (κ2) is 6.92. The van der Waals surface area contributed by atoms with E-state index >= 15 is 0 Å². The lowest BCUT2D eigenvalue weighted by atomic mass is 10.3. The molecule has 0 radical (unpaired) electrons. The summed E-state index contributed by atoms with van der Waals surface area (Å²) in [5.41, 5.74) is 0.390. The minimum atomic E-state index is -3.82. The van der Waals surface area contributed by atoms with Crippen LogP contribution in [0.15, 0.2) is 34.3 Å². The molecule has 1 atom stereocenters. The van der Waals surface area contributed by atoms with Gasteiger partial charge in [-0.1, -0.05) is 17.8 Å². The number of nitrogens with two attached hydrogens (primary N) is 1. The number of anilines is 1. The molecule has 27 heavy (non-hydrogen) atoms. The average Bonchev–Trinajstić information content (AvgIpc) is 3.53. The van der Waals surface area contributed by atoms with E-state index in [0.717, 1.165) is 36.7 Å². The molecule has 144 valence electrons. The largest absolute Gasteiger partial charge is 0.325 e. The summed E-state index contributed by atoms with van der Waals surface area (Å²) in [5.74, 6) is 1.33. The summed E-state index contributed by atoms with van der Waals surface area (Å²) in [7, 11) is -3.82. The van der Waals surface area contributed by atoms with Gasteiger partial charge in [-0.05, 0) is 50.8 Å². The molecule has 3 N–H and O–H groups in total. The van der Waals surface area contributed by atoms with Crippen LogP contribution in [0.1, 0.15) is 50.4 Å². The van der Waals surface area contributed by atoms with Crippen molar-refractivity contribution in [3.63, 3.8) is 0 Å². The fourth-order valence-electron chi connectivity index (χ4n) is 2.87. The molecule has 0 saturated heterocycles. The number of rotatable bonds is 7. The van der Waals surface area contributed by atoms with Gasteiger partial charge in [0.15, 0.2) is 5.16 Å². The summed E-state index contributed by atoms with van der Waals surface area (Å²) in [6, 6.07) is 6.36. The van der Waals surface area contributed by atoms with Crippen molar-refractivity contribution in [1.82, 2.24) is 14.8 Å². The molecule has 1 aromatic carbocycles. The van der Waals surface area contributed by atoms with Gasteiger partial charge in [-0.25, -0.2) is 13.6 Å². The van der Waals surface area contributed by atoms with Crippen molar-refractivity contribution in [3.05, 3.63) is 30.1 Å². The highest BCUT2D eigenvalue weighted by Gasteiger charge is 2.37. The number of thioether (sulfide) groups is 1. The summed E-state index contributed by atoms with van der Waals surface area (Å²) in [4.78, 5) is 12.5. The van der Waals surface area contributed by atoms with Gasteiger partial charge < -0.3 is 9.88 Å². The van der Waals surface area contributed by atoms with Gasteiger partial charge in [0, 0.05) is 17.6 Å². The molecule has 2 saturated carbocycles. The number of aromatic nitrogens is 3. The van der Waals surface area contributed by atoms with Crippen LogP contribution in [0, 0.1) is 0 Å². The number of hydrogen-bond donors (Lipinski definition) is 2. The maximum Gasteiger partial charge on any atom is 0.238 e. The zero-order chi connectivity index (χ0) is 19.2. The fraction of sp³-hybridized carbons (Fsp3) is 0.471. The lowest BCUT2D eigenvalue weighted by molar-refractivity contribution is -0.115. The summed E-state index contributed by atoms with van der Waals surface area (Å²) in [6.07, 6.45) is 4.58. The maximum atomic E-state index is 12.6. The Hall–Kier alpha value is -1.91. The van der Waals surface area contributed by atoms with E-state index in [0.29, 0.717) is 17.6 Å². The highest BCUT2D eigenvalue weighted by Crippen LogP contribution is 2.46. The van der Waals surface area contributed by atoms with Crippen LogP contribution in [0.25, 0.3) is 0 Å². The molecule has 2 aromatic rings. The molecule has 1 amide bonds. The molecule has 0 spiro atoms. The second-order valence-corrected chi connectivity index (χ2v) is 9.91. The highest BCUT2D eigenvalue weighted by atomic mass is 32.2. The molecule has 1 heterocycles. The van der Waals surface area contributed by atoms with Crippen molar-refractivity contribution >= 4 is 33.4 Å². The predicted molar refractivity (Wildman–Crippen MR) is 102 cm³/mol. The lowest BCUT2D eigenvalue weighted by Crippen LogP contribution is -2.23. The van der Waals surface area contributed by atoms with Crippen LogP contribution in [0.4, 0.5) is 5.69 Å². The summed E-state index contributed by atoms with van der Waals surface area (Å²) in [5, 5.41) is 16.9. The monoisotopic (exact) mass is 407 g/mol. The number of nitrogens with zero attached hydrogens (tertiary/aromatic N) is 3. The van der Waals surface area contributed by atoms with Crippen LogP contribution in [0.2, 0.25) is 0 Å². The maximum absolute atomic E-state index is 12.6. The molecule has 0 unspecified atom stereocenters. The first-order valence-corrected chi connectivity index (χ1v) is 11.3. The first kappa shape index (κ1) is 18.5. The van der Waals surface area contributed by atoms with Gasteiger partial charge in [-0.2, -0.15) is 0 Å². The quantitative estimate of drug-likeness (QED) is 0.679. The van der Waals surface area contributed by atoms with E-state index < -0.39 is 15.3 Å². The zero-order valence-corrected chi connectivity index (χ0v) is 16.5. The standard InChI is InChI=1S/C17H21N5O3S2/c1-10(16(23)19-12-3-2-4-14(9-12)27(18,24)25)26-17-21-20-15(11-5-6-11)22(17)13-7-8-13/h2-4,9-11,13H,5-8H2,1H3,(H,19,23)(H2,18,24,25)/t10-/m1/s1. The van der Waals surface area contributed by atoms with Crippen LogP contribution >= 0.6 is 11.8 Å². The molecule has 10 heteroatoms. The Balaban J connectivity index is 1.46. The number of sulfonamides is 1. The summed E-state index contributed by atoms with van der Waals surface area (Å²) >= 11 is 1.38. The van der Waals surface area contributed by atoms with Crippen molar-refractivity contribution in [1.29, 1.82) is 0 Å². The van der Waals surface area contributed by atoms with E-state index in [-0.39, 0.29) is 10.8 Å². The fourth-order valence-corrected chi connectivity index (χ4v) is 4.36. The SMILES string of the molecule is C[C@@H](Sc1nnc(C2CC2)n1C1CC1)C(=O)Nc1cccc(S(N)(=O)=O)c1. The van der Waals surface area contributed by atoms with E-state index in [1.54, 1.807) is 19.1 Å². The summed E-state index contributed by atoms with van der Waals surface area (Å²) < 4.78 is 25.1. The van der Waals surface area contributed by atoms with Gasteiger partial charge in [0.25, 0.3) is 0 Å². The molecular weight excluding hydrogens is 386 g/mol. The molecule has 2 aliphatic rings. The Morgan fingerprint density at radius 2 is 2.04 bits per heavy atom. The predicted octanol–water partition coefficient (Wildman–Crippen LogP) is 2.26. The Bertz CT molecular complexity index is 980. The minimum Gasteiger partial charge on any atom is -0.325 e. The molecule has 2 fully saturated rings. The molecule has 1 aromatic heterocycles. The van der Waals surface area contributed by atoms with Crippen LogP contribution in [-0.4, -0.2) is 34.3 Å². The van der Waals surface area contributed by atoms with Crippen LogP contribution in [0.5, 0.6) is 0 Å². The first-order chi connectivity index (χ1) is 12.8. The highest BCUT2D eigenvalue weighted by molar-refractivity contribution is 8.00. The van der Waals surface area contributed by atoms with Crippen LogP contribution < -0.4 is 10.5 Å². The van der Waals surface area contributed by atoms with Gasteiger partial charge in [-0.3, -0.25) is 4.79 Å². The van der Waals surface area contributed by atoms with Gasteiger partial charge >= 0.3 is 0 Å². The second-order valence-electron chi connectivity index (χ2n) is 7.04. The smallest absolute Gasteiger partial charge is 0.238 e. The minimum absolute atomic E-state index is 0.0387. The number of nitrogens with one attached hydrogen (secondary N) is 1. The van der Waals surface area contributed by atoms with E-state index in [2.05, 4.69) is 20.1 Å². The molecule has 4 rings (SSSR count). The third kappa shape index (κ3) is 4.17. The average molecular weight is 408 g/mol. The van der Waals surface area contributed by atoms with E-state index in [9.17, 15) is 13.2 Å². The van der Waals surface area contributed by atoms with Crippen molar-refractivity contribution in [2.45, 2.75) is 59.9 Å². The Labute approximate surface area is 162 Å². The Kier molecular flexibility index (Phi) is 4.73.